The first-order valence-corrected chi connectivity index (χ1v) is 10.6. The molecule has 0 heterocycles. The monoisotopic (exact) mass is 432 g/mol. The van der Waals surface area contributed by atoms with Gasteiger partial charge in [-0.25, -0.2) is 0 Å². The zero-order valence-corrected chi connectivity index (χ0v) is 17.4. The molecule has 2 aromatic carbocycles. The molecule has 0 aliphatic heterocycles. The first-order chi connectivity index (χ1) is 12.7. The Morgan fingerprint density at radius 3 is 2.22 bits per heavy atom. The Hall–Kier alpha value is -1.31. The average Bonchev–Trinajstić information content (AvgIpc) is 2.59. The van der Waals surface area contributed by atoms with Crippen molar-refractivity contribution < 1.29 is 22.4 Å². The van der Waals surface area contributed by atoms with Gasteiger partial charge < -0.3 is 9.84 Å². The van der Waals surface area contributed by atoms with Crippen molar-refractivity contribution >= 4 is 33.3 Å². The van der Waals surface area contributed by atoms with E-state index >= 15 is 0 Å². The molecule has 0 saturated carbocycles. The molecule has 0 aliphatic rings. The van der Waals surface area contributed by atoms with Crippen molar-refractivity contribution in [2.24, 2.45) is 0 Å². The SMILES string of the molecule is CCC[C@H](Oc1cc(Cl)cc(Cl)c1)[C@H](O)COS(=O)(=O)c1ccc(C)cc1. The Balaban J connectivity index is 2.05. The summed E-state index contributed by atoms with van der Waals surface area (Å²) >= 11 is 11.9. The van der Waals surface area contributed by atoms with Gasteiger partial charge in [-0.15, -0.1) is 0 Å². The number of rotatable bonds is 9. The molecule has 1 N–H and O–H groups in total. The lowest BCUT2D eigenvalue weighted by molar-refractivity contribution is 0.00338. The number of ether oxygens (including phenoxy) is 1. The maximum Gasteiger partial charge on any atom is 0.297 e. The van der Waals surface area contributed by atoms with E-state index in [1.807, 2.05) is 13.8 Å². The van der Waals surface area contributed by atoms with Gasteiger partial charge in [0.25, 0.3) is 10.1 Å². The summed E-state index contributed by atoms with van der Waals surface area (Å²) in [5.41, 5.74) is 0.936. The van der Waals surface area contributed by atoms with Crippen molar-refractivity contribution in [3.63, 3.8) is 0 Å². The Kier molecular flexibility index (Phi) is 7.94. The Labute approximate surface area is 170 Å². The lowest BCUT2D eigenvalue weighted by Gasteiger charge is -2.24. The highest BCUT2D eigenvalue weighted by Crippen LogP contribution is 2.26. The van der Waals surface area contributed by atoms with Crippen molar-refractivity contribution in [3.8, 4) is 5.75 Å². The molecule has 0 aromatic heterocycles. The fraction of sp³-hybridized carbons (Fsp3) is 0.368. The van der Waals surface area contributed by atoms with Crippen LogP contribution in [-0.2, 0) is 14.3 Å². The second kappa shape index (κ2) is 9.75. The van der Waals surface area contributed by atoms with Crippen molar-refractivity contribution in [3.05, 3.63) is 58.1 Å². The fourth-order valence-electron chi connectivity index (χ4n) is 2.43. The van der Waals surface area contributed by atoms with E-state index in [9.17, 15) is 13.5 Å². The summed E-state index contributed by atoms with van der Waals surface area (Å²) in [6, 6.07) is 11.0. The number of aliphatic hydroxyl groups excluding tert-OH is 1. The maximum atomic E-state index is 12.3. The maximum absolute atomic E-state index is 12.3. The second-order valence-corrected chi connectivity index (χ2v) is 8.66. The lowest BCUT2D eigenvalue weighted by Crippen LogP contribution is -2.36. The number of aliphatic hydroxyl groups is 1. The lowest BCUT2D eigenvalue weighted by atomic mass is 10.1. The van der Waals surface area contributed by atoms with E-state index in [-0.39, 0.29) is 4.90 Å². The van der Waals surface area contributed by atoms with E-state index in [1.165, 1.54) is 12.1 Å². The largest absolute Gasteiger partial charge is 0.488 e. The predicted molar refractivity (Wildman–Crippen MR) is 106 cm³/mol. The van der Waals surface area contributed by atoms with Crippen molar-refractivity contribution in [1.82, 2.24) is 0 Å². The summed E-state index contributed by atoms with van der Waals surface area (Å²) < 4.78 is 35.3. The normalized spacial score (nSPS) is 14.0. The van der Waals surface area contributed by atoms with Crippen LogP contribution in [0.15, 0.2) is 47.4 Å². The second-order valence-electron chi connectivity index (χ2n) is 6.17. The molecule has 0 aliphatic carbocycles. The van der Waals surface area contributed by atoms with E-state index in [4.69, 9.17) is 32.1 Å². The highest BCUT2D eigenvalue weighted by Gasteiger charge is 2.25. The zero-order valence-electron chi connectivity index (χ0n) is 15.1. The molecule has 8 heteroatoms. The Morgan fingerprint density at radius 1 is 1.07 bits per heavy atom. The minimum absolute atomic E-state index is 0.0369. The molecule has 2 aromatic rings. The molecule has 5 nitrogen and oxygen atoms in total. The van der Waals surface area contributed by atoms with E-state index in [1.54, 1.807) is 30.3 Å². The Bertz CT molecular complexity index is 833. The van der Waals surface area contributed by atoms with Crippen LogP contribution in [0.2, 0.25) is 10.0 Å². The molecular weight excluding hydrogens is 411 g/mol. The molecule has 0 radical (unpaired) electrons. The highest BCUT2D eigenvalue weighted by molar-refractivity contribution is 7.86. The minimum Gasteiger partial charge on any atom is -0.488 e. The van der Waals surface area contributed by atoms with Gasteiger partial charge in [-0.3, -0.25) is 4.18 Å². The summed E-state index contributed by atoms with van der Waals surface area (Å²) in [7, 11) is -3.96. The number of halogens is 2. The molecule has 148 valence electrons. The van der Waals surface area contributed by atoms with Gasteiger partial charge in [0.1, 0.15) is 18.0 Å². The van der Waals surface area contributed by atoms with E-state index in [2.05, 4.69) is 0 Å². The quantitative estimate of drug-likeness (QED) is 0.585. The number of hydrogen-bond acceptors (Lipinski definition) is 5. The Morgan fingerprint density at radius 2 is 1.67 bits per heavy atom. The van der Waals surface area contributed by atoms with Crippen LogP contribution in [0.5, 0.6) is 5.75 Å². The van der Waals surface area contributed by atoms with Gasteiger partial charge in [-0.05, 0) is 43.7 Å². The third-order valence-electron chi connectivity index (χ3n) is 3.83. The summed E-state index contributed by atoms with van der Waals surface area (Å²) in [5.74, 6) is 0.395. The van der Waals surface area contributed by atoms with E-state index < -0.39 is 28.9 Å². The van der Waals surface area contributed by atoms with Crippen LogP contribution in [0.1, 0.15) is 25.3 Å². The number of benzene rings is 2. The summed E-state index contributed by atoms with van der Waals surface area (Å²) in [5, 5.41) is 11.2. The van der Waals surface area contributed by atoms with Gasteiger partial charge >= 0.3 is 0 Å². The molecular formula is C19H22Cl2O5S. The highest BCUT2D eigenvalue weighted by atomic mass is 35.5. The first kappa shape index (κ1) is 22.0. The van der Waals surface area contributed by atoms with Gasteiger partial charge in [0, 0.05) is 10.0 Å². The van der Waals surface area contributed by atoms with Gasteiger partial charge in [-0.2, -0.15) is 8.42 Å². The van der Waals surface area contributed by atoms with E-state index in [0.29, 0.717) is 22.2 Å². The molecule has 0 bridgehead atoms. The molecule has 0 amide bonds. The van der Waals surface area contributed by atoms with Crippen LogP contribution in [0.4, 0.5) is 0 Å². The van der Waals surface area contributed by atoms with E-state index in [0.717, 1.165) is 12.0 Å². The molecule has 0 saturated heterocycles. The van der Waals surface area contributed by atoms with Crippen molar-refractivity contribution in [1.29, 1.82) is 0 Å². The average molecular weight is 433 g/mol. The van der Waals surface area contributed by atoms with Crippen molar-refractivity contribution in [2.75, 3.05) is 6.61 Å². The third-order valence-corrected chi connectivity index (χ3v) is 5.56. The van der Waals surface area contributed by atoms with Crippen LogP contribution in [-0.4, -0.2) is 32.3 Å². The topological polar surface area (TPSA) is 72.8 Å². The van der Waals surface area contributed by atoms with Crippen LogP contribution in [0, 0.1) is 6.92 Å². The number of aryl methyl sites for hydroxylation is 1. The molecule has 27 heavy (non-hydrogen) atoms. The zero-order chi connectivity index (χ0) is 20.0. The summed E-state index contributed by atoms with van der Waals surface area (Å²) in [4.78, 5) is 0.0369. The van der Waals surface area contributed by atoms with Crippen LogP contribution < -0.4 is 4.74 Å². The molecule has 2 rings (SSSR count). The van der Waals surface area contributed by atoms with Gasteiger partial charge in [0.05, 0.1) is 11.5 Å². The molecule has 0 spiro atoms. The van der Waals surface area contributed by atoms with Gasteiger partial charge in [-0.1, -0.05) is 54.2 Å². The van der Waals surface area contributed by atoms with Gasteiger partial charge in [0.2, 0.25) is 0 Å². The summed E-state index contributed by atoms with van der Waals surface area (Å²) in [6.07, 6.45) is -0.597. The van der Waals surface area contributed by atoms with Crippen LogP contribution >= 0.6 is 23.2 Å². The molecule has 2 atom stereocenters. The smallest absolute Gasteiger partial charge is 0.297 e. The minimum atomic E-state index is -3.96. The molecule has 0 unspecified atom stereocenters. The molecule has 0 fully saturated rings. The van der Waals surface area contributed by atoms with Crippen molar-refractivity contribution in [2.45, 2.75) is 43.8 Å². The first-order valence-electron chi connectivity index (χ1n) is 8.48. The van der Waals surface area contributed by atoms with Crippen LogP contribution in [0.3, 0.4) is 0 Å². The number of hydrogen-bond donors (Lipinski definition) is 1. The van der Waals surface area contributed by atoms with Gasteiger partial charge in [0.15, 0.2) is 0 Å². The standard InChI is InChI=1S/C19H22Cl2O5S/c1-3-4-19(26-16-10-14(20)9-15(21)11-16)18(22)12-25-27(23,24)17-7-5-13(2)6-8-17/h5-11,18-19,22H,3-4,12H2,1-2H3/t18-,19+/m1/s1. The van der Waals surface area contributed by atoms with Crippen LogP contribution in [0.25, 0.3) is 0 Å². The third kappa shape index (κ3) is 6.66. The summed E-state index contributed by atoms with van der Waals surface area (Å²) in [6.45, 7) is 3.36. The fourth-order valence-corrected chi connectivity index (χ4v) is 3.86. The predicted octanol–water partition coefficient (Wildman–Crippen LogP) is 4.62.